The van der Waals surface area contributed by atoms with Gasteiger partial charge in [-0.05, 0) is 0 Å². The molecule has 0 fully saturated rings. The predicted molar refractivity (Wildman–Crippen MR) is 88.4 cm³/mol. The quantitative estimate of drug-likeness (QED) is 0.227. The van der Waals surface area contributed by atoms with Crippen LogP contribution in [0.15, 0.2) is 0 Å². The molecule has 0 saturated heterocycles. The van der Waals surface area contributed by atoms with E-state index in [0.717, 1.165) is 25.1 Å². The van der Waals surface area contributed by atoms with Crippen LogP contribution in [-0.2, 0) is 38.1 Å². The van der Waals surface area contributed by atoms with Crippen molar-refractivity contribution in [3.63, 3.8) is 0 Å². The van der Waals surface area contributed by atoms with Crippen LogP contribution in [0.3, 0.4) is 0 Å². The first-order chi connectivity index (χ1) is 12.2. The molecular weight excluding hydrogens is 332 g/mol. The van der Waals surface area contributed by atoms with Crippen molar-refractivity contribution in [3.05, 3.63) is 0 Å². The average molecular weight is 360 g/mol. The van der Waals surface area contributed by atoms with Crippen LogP contribution in [0.1, 0.15) is 25.7 Å². The smallest absolute Gasteiger partial charge is 0.122 e. The third-order valence-electron chi connectivity index (χ3n) is 3.15. The van der Waals surface area contributed by atoms with Crippen LogP contribution >= 0.6 is 0 Å². The van der Waals surface area contributed by atoms with Gasteiger partial charge in [0, 0.05) is 25.7 Å². The second kappa shape index (κ2) is 17.3. The number of hydrogen-bond acceptors (Lipinski definition) is 8. The fourth-order valence-corrected chi connectivity index (χ4v) is 1.93. The minimum atomic E-state index is -0.655. The van der Waals surface area contributed by atoms with Crippen LogP contribution in [0.2, 0.25) is 0 Å². The molecule has 0 spiro atoms. The normalized spacial score (nSPS) is 11.2. The Morgan fingerprint density at radius 3 is 0.920 bits per heavy atom. The largest absolute Gasteiger partial charge is 0.380 e. The van der Waals surface area contributed by atoms with Crippen molar-refractivity contribution in [2.45, 2.75) is 25.7 Å². The van der Waals surface area contributed by atoms with Crippen molar-refractivity contribution in [2.24, 2.45) is 5.41 Å². The van der Waals surface area contributed by atoms with Crippen molar-refractivity contribution in [2.75, 3.05) is 52.9 Å². The maximum atomic E-state index is 10.4. The summed E-state index contributed by atoms with van der Waals surface area (Å²) < 4.78 is 22.1. The van der Waals surface area contributed by atoms with Crippen molar-refractivity contribution in [3.8, 4) is 0 Å². The summed E-state index contributed by atoms with van der Waals surface area (Å²) >= 11 is 0. The fraction of sp³-hybridized carbons (Fsp3) is 0.765. The molecule has 0 aromatic heterocycles. The van der Waals surface area contributed by atoms with Gasteiger partial charge in [-0.3, -0.25) is 0 Å². The first-order valence-corrected chi connectivity index (χ1v) is 8.30. The Balaban J connectivity index is 4.71. The van der Waals surface area contributed by atoms with E-state index in [0.29, 0.717) is 0 Å². The summed E-state index contributed by atoms with van der Waals surface area (Å²) in [4.78, 5) is 41.6. The number of carbonyl (C=O) groups is 4. The molecule has 144 valence electrons. The van der Waals surface area contributed by atoms with Crippen LogP contribution in [-0.4, -0.2) is 78.0 Å². The van der Waals surface area contributed by atoms with Gasteiger partial charge in [-0.15, -0.1) is 0 Å². The first-order valence-electron chi connectivity index (χ1n) is 8.30. The van der Waals surface area contributed by atoms with Gasteiger partial charge in [0.25, 0.3) is 0 Å². The van der Waals surface area contributed by atoms with E-state index >= 15 is 0 Å². The van der Waals surface area contributed by atoms with Gasteiger partial charge < -0.3 is 38.1 Å². The summed E-state index contributed by atoms with van der Waals surface area (Å²) in [7, 11) is 0. The summed E-state index contributed by atoms with van der Waals surface area (Å²) in [6, 6.07) is 0. The molecule has 0 aromatic carbocycles. The molecule has 0 aliphatic heterocycles. The van der Waals surface area contributed by atoms with Gasteiger partial charge in [0.05, 0.1) is 58.3 Å². The number of carbonyl (C=O) groups excluding carboxylic acids is 4. The number of aldehydes is 4. The third-order valence-corrected chi connectivity index (χ3v) is 3.15. The second-order valence-corrected chi connectivity index (χ2v) is 5.53. The van der Waals surface area contributed by atoms with Gasteiger partial charge in [-0.25, -0.2) is 0 Å². The monoisotopic (exact) mass is 360 g/mol. The van der Waals surface area contributed by atoms with Gasteiger partial charge >= 0.3 is 0 Å². The molecule has 8 heteroatoms. The number of ether oxygens (including phenoxy) is 4. The minimum absolute atomic E-state index is 0.226. The Morgan fingerprint density at radius 1 is 0.480 bits per heavy atom. The van der Waals surface area contributed by atoms with Crippen LogP contribution in [0.25, 0.3) is 0 Å². The lowest BCUT2D eigenvalue weighted by Gasteiger charge is -2.32. The van der Waals surface area contributed by atoms with Gasteiger partial charge in [-0.1, -0.05) is 0 Å². The van der Waals surface area contributed by atoms with E-state index in [9.17, 15) is 19.2 Å². The van der Waals surface area contributed by atoms with Crippen molar-refractivity contribution in [1.82, 2.24) is 0 Å². The van der Waals surface area contributed by atoms with E-state index in [1.54, 1.807) is 0 Å². The zero-order valence-corrected chi connectivity index (χ0v) is 14.6. The van der Waals surface area contributed by atoms with E-state index < -0.39 is 5.41 Å². The molecule has 0 radical (unpaired) electrons. The Labute approximate surface area is 148 Å². The molecule has 0 unspecified atom stereocenters. The molecule has 0 bridgehead atoms. The summed E-state index contributed by atoms with van der Waals surface area (Å²) in [6.07, 6.45) is 4.18. The first kappa shape index (κ1) is 23.5. The zero-order chi connectivity index (χ0) is 18.6. The van der Waals surface area contributed by atoms with E-state index in [1.807, 2.05) is 0 Å². The lowest BCUT2D eigenvalue weighted by atomic mass is 9.92. The molecule has 8 nitrogen and oxygen atoms in total. The Bertz CT molecular complexity index is 289. The van der Waals surface area contributed by atoms with E-state index in [-0.39, 0.29) is 78.5 Å². The molecule has 0 aliphatic rings. The highest BCUT2D eigenvalue weighted by Gasteiger charge is 2.32. The highest BCUT2D eigenvalue weighted by atomic mass is 16.5. The molecule has 0 N–H and O–H groups in total. The second-order valence-electron chi connectivity index (χ2n) is 5.53. The van der Waals surface area contributed by atoms with Crippen LogP contribution < -0.4 is 0 Å². The molecule has 0 rings (SSSR count). The molecule has 0 saturated carbocycles. The Hall–Kier alpha value is -1.48. The molecule has 0 heterocycles. The Kier molecular flexibility index (Phi) is 16.3. The Morgan fingerprint density at radius 2 is 0.720 bits per heavy atom. The average Bonchev–Trinajstić information content (AvgIpc) is 2.63. The predicted octanol–water partition coefficient (Wildman–Crippen LogP) is 0.395. The number of hydrogen-bond donors (Lipinski definition) is 0. The maximum Gasteiger partial charge on any atom is 0.122 e. The van der Waals surface area contributed by atoms with Gasteiger partial charge in [0.1, 0.15) is 25.1 Å². The molecule has 0 amide bonds. The maximum absolute atomic E-state index is 10.4. The van der Waals surface area contributed by atoms with Crippen molar-refractivity contribution >= 4 is 25.1 Å². The van der Waals surface area contributed by atoms with E-state index in [4.69, 9.17) is 18.9 Å². The van der Waals surface area contributed by atoms with Gasteiger partial charge in [-0.2, -0.15) is 0 Å². The fourth-order valence-electron chi connectivity index (χ4n) is 1.93. The lowest BCUT2D eigenvalue weighted by molar-refractivity contribution is -0.119. The molecule has 0 aliphatic carbocycles. The van der Waals surface area contributed by atoms with Crippen molar-refractivity contribution in [1.29, 1.82) is 0 Å². The summed E-state index contributed by atoms with van der Waals surface area (Å²) in [5.74, 6) is 0. The zero-order valence-electron chi connectivity index (χ0n) is 14.6. The minimum Gasteiger partial charge on any atom is -0.380 e. The highest BCUT2D eigenvalue weighted by Crippen LogP contribution is 2.21. The summed E-state index contributed by atoms with van der Waals surface area (Å²) in [6.45, 7) is 1.97. The summed E-state index contributed by atoms with van der Waals surface area (Å²) in [5.41, 5.74) is -0.655. The van der Waals surface area contributed by atoms with Crippen LogP contribution in [0.5, 0.6) is 0 Å². The van der Waals surface area contributed by atoms with Gasteiger partial charge in [0.15, 0.2) is 0 Å². The van der Waals surface area contributed by atoms with E-state index in [1.165, 1.54) is 0 Å². The molecule has 0 aromatic rings. The summed E-state index contributed by atoms with van der Waals surface area (Å²) in [5, 5.41) is 0. The third kappa shape index (κ3) is 13.5. The van der Waals surface area contributed by atoms with Crippen LogP contribution in [0.4, 0.5) is 0 Å². The molecule has 25 heavy (non-hydrogen) atoms. The highest BCUT2D eigenvalue weighted by molar-refractivity contribution is 5.49. The standard InChI is InChI=1S/C17H28O8/c18-5-1-9-22-13-17(14-23-10-2-6-19,15-24-11-3-7-20)16-25-12-4-8-21/h5-8H,1-4,9-16H2. The number of rotatable bonds is 20. The SMILES string of the molecule is O=CCCOCC(COCCC=O)(COCCC=O)COCCC=O. The van der Waals surface area contributed by atoms with Crippen LogP contribution in [0, 0.1) is 5.41 Å². The molecular formula is C17H28O8. The van der Waals surface area contributed by atoms with Crippen molar-refractivity contribution < 1.29 is 38.1 Å². The topological polar surface area (TPSA) is 105 Å². The van der Waals surface area contributed by atoms with Gasteiger partial charge in [0.2, 0.25) is 0 Å². The molecule has 0 atom stereocenters. The van der Waals surface area contributed by atoms with E-state index in [2.05, 4.69) is 0 Å². The lowest BCUT2D eigenvalue weighted by Crippen LogP contribution is -2.42.